The number of nitrogens with two attached hydrogens (primary N) is 1. The first-order valence-corrected chi connectivity index (χ1v) is 6.65. The van der Waals surface area contributed by atoms with Crippen LogP contribution in [-0.4, -0.2) is 35.1 Å². The van der Waals surface area contributed by atoms with Crippen molar-refractivity contribution in [1.29, 1.82) is 0 Å². The molecule has 102 valence electrons. The Kier molecular flexibility index (Phi) is 3.52. The standard InChI is InChI=1S/C13H24N4O/c1-8(2)17-13(12(14)11(5)15-17)16-6-9(3)18-10(4)7-16/h8-10H,6-7,14H2,1-5H3/t9-,10+. The number of morpholine rings is 1. The second-order valence-electron chi connectivity index (χ2n) is 5.52. The van der Waals surface area contributed by atoms with Crippen LogP contribution in [0.3, 0.4) is 0 Å². The molecule has 2 atom stereocenters. The molecule has 2 heterocycles. The van der Waals surface area contributed by atoms with Crippen molar-refractivity contribution in [2.45, 2.75) is 52.9 Å². The second kappa shape index (κ2) is 4.80. The largest absolute Gasteiger partial charge is 0.394 e. The minimum atomic E-state index is 0.226. The summed E-state index contributed by atoms with van der Waals surface area (Å²) in [5.74, 6) is 1.05. The summed E-state index contributed by atoms with van der Waals surface area (Å²) in [5, 5.41) is 4.54. The molecule has 5 heteroatoms. The lowest BCUT2D eigenvalue weighted by Crippen LogP contribution is -2.46. The van der Waals surface area contributed by atoms with E-state index < -0.39 is 0 Å². The molecule has 1 aromatic rings. The molecule has 0 aromatic carbocycles. The van der Waals surface area contributed by atoms with Crippen LogP contribution in [0.1, 0.15) is 39.4 Å². The number of hydrogen-bond acceptors (Lipinski definition) is 4. The van der Waals surface area contributed by atoms with E-state index >= 15 is 0 Å². The fraction of sp³-hybridized carbons (Fsp3) is 0.769. The minimum absolute atomic E-state index is 0.226. The van der Waals surface area contributed by atoms with Crippen molar-refractivity contribution in [3.63, 3.8) is 0 Å². The van der Waals surface area contributed by atoms with Gasteiger partial charge in [-0.3, -0.25) is 0 Å². The normalized spacial score (nSPS) is 24.9. The van der Waals surface area contributed by atoms with Gasteiger partial charge in [-0.2, -0.15) is 5.10 Å². The molecule has 2 N–H and O–H groups in total. The van der Waals surface area contributed by atoms with E-state index in [1.165, 1.54) is 0 Å². The van der Waals surface area contributed by atoms with E-state index in [1.54, 1.807) is 0 Å². The predicted molar refractivity (Wildman–Crippen MR) is 74.0 cm³/mol. The van der Waals surface area contributed by atoms with Gasteiger partial charge in [-0.05, 0) is 34.6 Å². The summed E-state index contributed by atoms with van der Waals surface area (Å²) >= 11 is 0. The lowest BCUT2D eigenvalue weighted by atomic mass is 10.2. The van der Waals surface area contributed by atoms with Crippen molar-refractivity contribution >= 4 is 11.5 Å². The van der Waals surface area contributed by atoms with Gasteiger partial charge >= 0.3 is 0 Å². The number of ether oxygens (including phenoxy) is 1. The van der Waals surface area contributed by atoms with Crippen LogP contribution in [0.4, 0.5) is 11.5 Å². The lowest BCUT2D eigenvalue weighted by molar-refractivity contribution is -0.00571. The van der Waals surface area contributed by atoms with Crippen molar-refractivity contribution in [2.75, 3.05) is 23.7 Å². The van der Waals surface area contributed by atoms with Gasteiger partial charge in [0.05, 0.1) is 23.6 Å². The molecule has 0 spiro atoms. The van der Waals surface area contributed by atoms with E-state index in [4.69, 9.17) is 10.5 Å². The Labute approximate surface area is 109 Å². The summed E-state index contributed by atoms with van der Waals surface area (Å²) in [6.07, 6.45) is 0.452. The van der Waals surface area contributed by atoms with Gasteiger partial charge in [0.1, 0.15) is 0 Å². The molecule has 0 unspecified atom stereocenters. The van der Waals surface area contributed by atoms with Crippen LogP contribution in [0.25, 0.3) is 0 Å². The molecule has 0 radical (unpaired) electrons. The maximum Gasteiger partial charge on any atom is 0.151 e. The molecule has 0 amide bonds. The van der Waals surface area contributed by atoms with Crippen molar-refractivity contribution in [3.05, 3.63) is 5.69 Å². The highest BCUT2D eigenvalue weighted by Crippen LogP contribution is 2.31. The number of aromatic nitrogens is 2. The third-order valence-electron chi connectivity index (χ3n) is 3.31. The third-order valence-corrected chi connectivity index (χ3v) is 3.31. The highest BCUT2D eigenvalue weighted by molar-refractivity contribution is 5.66. The molecule has 2 rings (SSSR count). The van der Waals surface area contributed by atoms with Crippen LogP contribution in [-0.2, 0) is 4.74 Å². The lowest BCUT2D eigenvalue weighted by Gasteiger charge is -2.37. The second-order valence-corrected chi connectivity index (χ2v) is 5.52. The van der Waals surface area contributed by atoms with Crippen LogP contribution in [0.2, 0.25) is 0 Å². The van der Waals surface area contributed by atoms with Crippen molar-refractivity contribution in [3.8, 4) is 0 Å². The monoisotopic (exact) mass is 252 g/mol. The Morgan fingerprint density at radius 1 is 1.28 bits per heavy atom. The van der Waals surface area contributed by atoms with Crippen molar-refractivity contribution < 1.29 is 4.74 Å². The summed E-state index contributed by atoms with van der Waals surface area (Å²) in [7, 11) is 0. The van der Waals surface area contributed by atoms with Crippen LogP contribution >= 0.6 is 0 Å². The van der Waals surface area contributed by atoms with Gasteiger partial charge in [-0.15, -0.1) is 0 Å². The van der Waals surface area contributed by atoms with Crippen LogP contribution in [0, 0.1) is 6.92 Å². The minimum Gasteiger partial charge on any atom is -0.394 e. The Balaban J connectivity index is 2.37. The van der Waals surface area contributed by atoms with Gasteiger partial charge < -0.3 is 15.4 Å². The number of hydrogen-bond donors (Lipinski definition) is 1. The molecular formula is C13H24N4O. The summed E-state index contributed by atoms with van der Waals surface area (Å²) in [6, 6.07) is 0.310. The van der Waals surface area contributed by atoms with E-state index in [0.717, 1.165) is 30.3 Å². The van der Waals surface area contributed by atoms with E-state index in [9.17, 15) is 0 Å². The highest BCUT2D eigenvalue weighted by atomic mass is 16.5. The van der Waals surface area contributed by atoms with Gasteiger partial charge in [0, 0.05) is 19.1 Å². The molecule has 1 saturated heterocycles. The number of aryl methyl sites for hydroxylation is 1. The maximum absolute atomic E-state index is 6.20. The number of nitrogens with zero attached hydrogens (tertiary/aromatic N) is 3. The van der Waals surface area contributed by atoms with Gasteiger partial charge in [0.25, 0.3) is 0 Å². The van der Waals surface area contributed by atoms with Gasteiger partial charge in [0.2, 0.25) is 0 Å². The van der Waals surface area contributed by atoms with Crippen LogP contribution < -0.4 is 10.6 Å². The molecule has 0 bridgehead atoms. The molecule has 0 saturated carbocycles. The van der Waals surface area contributed by atoms with Crippen LogP contribution in [0.15, 0.2) is 0 Å². The molecule has 1 aliphatic heterocycles. The first-order valence-electron chi connectivity index (χ1n) is 6.65. The first kappa shape index (κ1) is 13.2. The Morgan fingerprint density at radius 3 is 2.33 bits per heavy atom. The first-order chi connectivity index (χ1) is 8.40. The van der Waals surface area contributed by atoms with E-state index in [-0.39, 0.29) is 12.2 Å². The third kappa shape index (κ3) is 2.32. The fourth-order valence-corrected chi connectivity index (χ4v) is 2.57. The van der Waals surface area contributed by atoms with E-state index in [0.29, 0.717) is 6.04 Å². The quantitative estimate of drug-likeness (QED) is 0.874. The maximum atomic E-state index is 6.20. The van der Waals surface area contributed by atoms with E-state index in [1.807, 2.05) is 11.6 Å². The summed E-state index contributed by atoms with van der Waals surface area (Å²) < 4.78 is 7.80. The Hall–Kier alpha value is -1.23. The molecule has 0 aliphatic carbocycles. The zero-order valence-corrected chi connectivity index (χ0v) is 12.0. The highest BCUT2D eigenvalue weighted by Gasteiger charge is 2.27. The topological polar surface area (TPSA) is 56.3 Å². The number of nitrogen functional groups attached to an aromatic ring is 1. The fourth-order valence-electron chi connectivity index (χ4n) is 2.57. The molecule has 1 aliphatic rings. The molecule has 1 fully saturated rings. The zero-order valence-electron chi connectivity index (χ0n) is 12.0. The van der Waals surface area contributed by atoms with Gasteiger partial charge in [-0.1, -0.05) is 0 Å². The summed E-state index contributed by atoms with van der Waals surface area (Å²) in [6.45, 7) is 12.2. The SMILES string of the molecule is Cc1nn(C(C)C)c(N2C[C@@H](C)O[C@@H](C)C2)c1N. The molecular weight excluding hydrogens is 228 g/mol. The van der Waals surface area contributed by atoms with Crippen molar-refractivity contribution in [1.82, 2.24) is 9.78 Å². The average molecular weight is 252 g/mol. The molecule has 1 aromatic heterocycles. The summed E-state index contributed by atoms with van der Waals surface area (Å²) in [5.41, 5.74) is 7.90. The zero-order chi connectivity index (χ0) is 13.4. The predicted octanol–water partition coefficient (Wildman–Crippen LogP) is 1.97. The average Bonchev–Trinajstić information content (AvgIpc) is 2.54. The smallest absolute Gasteiger partial charge is 0.151 e. The molecule has 5 nitrogen and oxygen atoms in total. The Morgan fingerprint density at radius 2 is 1.83 bits per heavy atom. The summed E-state index contributed by atoms with van der Waals surface area (Å²) in [4.78, 5) is 2.30. The van der Waals surface area contributed by atoms with Crippen LogP contribution in [0.5, 0.6) is 0 Å². The van der Waals surface area contributed by atoms with Gasteiger partial charge in [-0.25, -0.2) is 4.68 Å². The van der Waals surface area contributed by atoms with E-state index in [2.05, 4.69) is 37.7 Å². The molecule has 18 heavy (non-hydrogen) atoms. The van der Waals surface area contributed by atoms with Crippen molar-refractivity contribution in [2.24, 2.45) is 0 Å². The number of rotatable bonds is 2. The Bertz CT molecular complexity index is 417. The van der Waals surface area contributed by atoms with Gasteiger partial charge in [0.15, 0.2) is 5.82 Å². The number of anilines is 2.